The van der Waals surface area contributed by atoms with Gasteiger partial charge in [-0.2, -0.15) is 5.10 Å². The summed E-state index contributed by atoms with van der Waals surface area (Å²) in [6.45, 7) is 3.82. The fraction of sp³-hybridized carbons (Fsp3) is 0.733. The summed E-state index contributed by atoms with van der Waals surface area (Å²) in [5.41, 5.74) is 1.24. The summed E-state index contributed by atoms with van der Waals surface area (Å²) in [6.07, 6.45) is 11.5. The average Bonchev–Trinajstić information content (AvgIpc) is 2.86. The first-order valence-corrected chi connectivity index (χ1v) is 7.80. The molecule has 0 unspecified atom stereocenters. The van der Waals surface area contributed by atoms with Gasteiger partial charge in [0.1, 0.15) is 0 Å². The van der Waals surface area contributed by atoms with Crippen LogP contribution in [0.1, 0.15) is 44.6 Å². The van der Waals surface area contributed by atoms with E-state index < -0.39 is 0 Å². The number of aromatic nitrogens is 2. The summed E-state index contributed by atoms with van der Waals surface area (Å²) < 4.78 is 1.84. The van der Waals surface area contributed by atoms with Crippen molar-refractivity contribution in [3.8, 4) is 0 Å². The van der Waals surface area contributed by atoms with Crippen molar-refractivity contribution in [2.24, 2.45) is 12.0 Å². The molecule has 20 heavy (non-hydrogen) atoms. The molecule has 1 aromatic rings. The largest absolute Gasteiger partial charge is 0.357 e. The van der Waals surface area contributed by atoms with Gasteiger partial charge in [0.15, 0.2) is 5.96 Å². The van der Waals surface area contributed by atoms with Crippen LogP contribution in [-0.4, -0.2) is 34.9 Å². The Morgan fingerprint density at radius 1 is 1.40 bits per heavy atom. The van der Waals surface area contributed by atoms with E-state index in [1.807, 2.05) is 17.9 Å². The lowest BCUT2D eigenvalue weighted by Crippen LogP contribution is -2.44. The third-order valence-corrected chi connectivity index (χ3v) is 3.72. The molecule has 1 aliphatic rings. The molecule has 1 saturated carbocycles. The van der Waals surface area contributed by atoms with Crippen LogP contribution in [-0.2, 0) is 13.5 Å². The van der Waals surface area contributed by atoms with Gasteiger partial charge in [0.05, 0.1) is 6.20 Å². The predicted molar refractivity (Wildman–Crippen MR) is 82.9 cm³/mol. The maximum atomic E-state index is 4.67. The molecular weight excluding hydrogens is 250 g/mol. The van der Waals surface area contributed by atoms with Gasteiger partial charge in [-0.1, -0.05) is 19.3 Å². The molecule has 5 heteroatoms. The summed E-state index contributed by atoms with van der Waals surface area (Å²) in [7, 11) is 1.95. The lowest BCUT2D eigenvalue weighted by atomic mass is 9.96. The number of aryl methyl sites for hydroxylation is 1. The van der Waals surface area contributed by atoms with Crippen molar-refractivity contribution in [3.05, 3.63) is 18.0 Å². The SMILES string of the molecule is CCNC(=NCCc1cnn(C)c1)NC1CCCCC1. The van der Waals surface area contributed by atoms with Crippen LogP contribution in [0.4, 0.5) is 0 Å². The van der Waals surface area contributed by atoms with E-state index in [9.17, 15) is 0 Å². The molecule has 0 spiro atoms. The van der Waals surface area contributed by atoms with Crippen LogP contribution >= 0.6 is 0 Å². The van der Waals surface area contributed by atoms with Gasteiger partial charge in [0.2, 0.25) is 0 Å². The fourth-order valence-electron chi connectivity index (χ4n) is 2.66. The van der Waals surface area contributed by atoms with Gasteiger partial charge in [-0.15, -0.1) is 0 Å². The second-order valence-corrected chi connectivity index (χ2v) is 5.51. The van der Waals surface area contributed by atoms with Crippen molar-refractivity contribution >= 4 is 5.96 Å². The zero-order chi connectivity index (χ0) is 14.2. The Kier molecular flexibility index (Phi) is 5.89. The molecule has 0 radical (unpaired) electrons. The van der Waals surface area contributed by atoms with Gasteiger partial charge in [-0.05, 0) is 31.7 Å². The van der Waals surface area contributed by atoms with Gasteiger partial charge >= 0.3 is 0 Å². The molecule has 0 bridgehead atoms. The van der Waals surface area contributed by atoms with Crippen molar-refractivity contribution in [3.63, 3.8) is 0 Å². The molecule has 0 atom stereocenters. The van der Waals surface area contributed by atoms with E-state index in [2.05, 4.69) is 33.8 Å². The molecule has 1 heterocycles. The van der Waals surface area contributed by atoms with E-state index in [1.54, 1.807) is 0 Å². The van der Waals surface area contributed by atoms with Crippen LogP contribution < -0.4 is 10.6 Å². The number of guanidine groups is 1. The Morgan fingerprint density at radius 3 is 2.85 bits per heavy atom. The Bertz CT molecular complexity index is 418. The van der Waals surface area contributed by atoms with Crippen molar-refractivity contribution in [2.45, 2.75) is 51.5 Å². The summed E-state index contributed by atoms with van der Waals surface area (Å²) in [4.78, 5) is 4.67. The highest BCUT2D eigenvalue weighted by Gasteiger charge is 2.14. The second-order valence-electron chi connectivity index (χ2n) is 5.51. The Hall–Kier alpha value is -1.52. The Morgan fingerprint density at radius 2 is 2.20 bits per heavy atom. The molecule has 1 fully saturated rings. The summed E-state index contributed by atoms with van der Waals surface area (Å²) >= 11 is 0. The lowest BCUT2D eigenvalue weighted by molar-refractivity contribution is 0.410. The van der Waals surface area contributed by atoms with E-state index in [4.69, 9.17) is 0 Å². The zero-order valence-corrected chi connectivity index (χ0v) is 12.7. The maximum Gasteiger partial charge on any atom is 0.191 e. The minimum absolute atomic E-state index is 0.597. The van der Waals surface area contributed by atoms with Crippen molar-refractivity contribution in [1.82, 2.24) is 20.4 Å². The first-order valence-electron chi connectivity index (χ1n) is 7.80. The molecule has 0 aliphatic heterocycles. The molecule has 2 rings (SSSR count). The monoisotopic (exact) mass is 277 g/mol. The predicted octanol–water partition coefficient (Wildman–Crippen LogP) is 1.85. The van der Waals surface area contributed by atoms with Crippen LogP contribution in [0, 0.1) is 0 Å². The molecular formula is C15H27N5. The Labute approximate surface area is 121 Å². The second kappa shape index (κ2) is 7.92. The molecule has 2 N–H and O–H groups in total. The molecule has 0 saturated heterocycles. The molecule has 1 aliphatic carbocycles. The lowest BCUT2D eigenvalue weighted by Gasteiger charge is -2.24. The number of aliphatic imine (C=N–C) groups is 1. The number of rotatable bonds is 5. The van der Waals surface area contributed by atoms with E-state index in [1.165, 1.54) is 37.7 Å². The average molecular weight is 277 g/mol. The highest BCUT2D eigenvalue weighted by molar-refractivity contribution is 5.80. The van der Waals surface area contributed by atoms with E-state index in [0.29, 0.717) is 6.04 Å². The number of nitrogens with zero attached hydrogens (tertiary/aromatic N) is 3. The van der Waals surface area contributed by atoms with Crippen LogP contribution in [0.25, 0.3) is 0 Å². The van der Waals surface area contributed by atoms with Crippen molar-refractivity contribution < 1.29 is 0 Å². The van der Waals surface area contributed by atoms with Crippen LogP contribution in [0.3, 0.4) is 0 Å². The van der Waals surface area contributed by atoms with Crippen LogP contribution in [0.15, 0.2) is 17.4 Å². The van der Waals surface area contributed by atoms with Gasteiger partial charge < -0.3 is 10.6 Å². The Balaban J connectivity index is 1.81. The highest BCUT2D eigenvalue weighted by atomic mass is 15.2. The molecule has 0 aromatic carbocycles. The molecule has 0 amide bonds. The van der Waals surface area contributed by atoms with Gasteiger partial charge in [0.25, 0.3) is 0 Å². The van der Waals surface area contributed by atoms with Gasteiger partial charge in [-0.25, -0.2) is 0 Å². The van der Waals surface area contributed by atoms with Crippen LogP contribution in [0.5, 0.6) is 0 Å². The van der Waals surface area contributed by atoms with Gasteiger partial charge in [0, 0.05) is 32.4 Å². The van der Waals surface area contributed by atoms with E-state index >= 15 is 0 Å². The smallest absolute Gasteiger partial charge is 0.191 e. The van der Waals surface area contributed by atoms with Crippen molar-refractivity contribution in [2.75, 3.05) is 13.1 Å². The normalized spacial score (nSPS) is 17.2. The summed E-state index contributed by atoms with van der Waals surface area (Å²) in [5.74, 6) is 0.961. The molecule has 112 valence electrons. The maximum absolute atomic E-state index is 4.67. The zero-order valence-electron chi connectivity index (χ0n) is 12.7. The fourth-order valence-corrected chi connectivity index (χ4v) is 2.66. The third-order valence-electron chi connectivity index (χ3n) is 3.72. The first kappa shape index (κ1) is 14.9. The summed E-state index contributed by atoms with van der Waals surface area (Å²) in [5, 5.41) is 11.1. The van der Waals surface area contributed by atoms with Crippen LogP contribution in [0.2, 0.25) is 0 Å². The standard InChI is InChI=1S/C15H27N5/c1-3-16-15(19-14-7-5-4-6-8-14)17-10-9-13-11-18-20(2)12-13/h11-12,14H,3-10H2,1-2H3,(H2,16,17,19). The highest BCUT2D eigenvalue weighted by Crippen LogP contribution is 2.17. The van der Waals surface area contributed by atoms with E-state index in [0.717, 1.165) is 25.5 Å². The number of nitrogens with one attached hydrogen (secondary N) is 2. The van der Waals surface area contributed by atoms with E-state index in [-0.39, 0.29) is 0 Å². The quantitative estimate of drug-likeness (QED) is 0.638. The van der Waals surface area contributed by atoms with Crippen molar-refractivity contribution in [1.29, 1.82) is 0 Å². The molecule has 5 nitrogen and oxygen atoms in total. The van der Waals surface area contributed by atoms with Gasteiger partial charge in [-0.3, -0.25) is 9.67 Å². The molecule has 1 aromatic heterocycles. The first-order chi connectivity index (χ1) is 9.78. The number of hydrogen-bond acceptors (Lipinski definition) is 2. The number of hydrogen-bond donors (Lipinski definition) is 2. The minimum atomic E-state index is 0.597. The minimum Gasteiger partial charge on any atom is -0.357 e. The summed E-state index contributed by atoms with van der Waals surface area (Å²) in [6, 6.07) is 0.597. The third kappa shape index (κ3) is 4.87. The topological polar surface area (TPSA) is 54.2 Å².